The van der Waals surface area contributed by atoms with Gasteiger partial charge in [-0.2, -0.15) is 0 Å². The van der Waals surface area contributed by atoms with Gasteiger partial charge >= 0.3 is 0 Å². The van der Waals surface area contributed by atoms with E-state index in [9.17, 15) is 4.39 Å². The molecule has 0 spiro atoms. The minimum atomic E-state index is -0.405. The van der Waals surface area contributed by atoms with Gasteiger partial charge in [0.15, 0.2) is 11.6 Å². The first-order valence-corrected chi connectivity index (χ1v) is 9.61. The summed E-state index contributed by atoms with van der Waals surface area (Å²) in [6, 6.07) is 11.4. The molecule has 0 unspecified atom stereocenters. The minimum absolute atomic E-state index is 0.185. The van der Waals surface area contributed by atoms with Crippen molar-refractivity contribution < 1.29 is 9.13 Å². The fourth-order valence-electron chi connectivity index (χ4n) is 3.68. The van der Waals surface area contributed by atoms with Crippen molar-refractivity contribution in [2.24, 2.45) is 5.41 Å². The number of rotatable bonds is 5. The van der Waals surface area contributed by atoms with Crippen LogP contribution in [0, 0.1) is 11.2 Å². The van der Waals surface area contributed by atoms with Crippen LogP contribution in [-0.2, 0) is 6.54 Å². The van der Waals surface area contributed by atoms with E-state index < -0.39 is 5.82 Å². The lowest BCUT2D eigenvalue weighted by atomic mass is 9.75. The molecule has 3 aromatic rings. The van der Waals surface area contributed by atoms with Crippen molar-refractivity contribution in [1.29, 1.82) is 0 Å². The largest absolute Gasteiger partial charge is 0.454 e. The van der Waals surface area contributed by atoms with Crippen molar-refractivity contribution in [2.45, 2.75) is 52.1 Å². The Hall–Kier alpha value is -2.40. The third-order valence-electron chi connectivity index (χ3n) is 5.56. The fraction of sp³-hybridized carbons (Fsp3) is 0.409. The topological polar surface area (TPSA) is 49.9 Å². The summed E-state index contributed by atoms with van der Waals surface area (Å²) in [7, 11) is 0. The first kappa shape index (κ1) is 18.0. The molecule has 1 aromatic heterocycles. The summed E-state index contributed by atoms with van der Waals surface area (Å²) in [6.45, 7) is 5.56. The van der Waals surface area contributed by atoms with E-state index in [1.54, 1.807) is 12.4 Å². The Bertz CT molecular complexity index is 907. The zero-order valence-corrected chi connectivity index (χ0v) is 15.9. The van der Waals surface area contributed by atoms with E-state index in [4.69, 9.17) is 4.74 Å². The highest BCUT2D eigenvalue weighted by molar-refractivity contribution is 5.76. The van der Waals surface area contributed by atoms with Gasteiger partial charge in [0.1, 0.15) is 5.75 Å². The highest BCUT2D eigenvalue weighted by Gasteiger charge is 2.26. The van der Waals surface area contributed by atoms with Gasteiger partial charge in [0.2, 0.25) is 0 Å². The molecule has 1 saturated carbocycles. The summed E-state index contributed by atoms with van der Waals surface area (Å²) in [5, 5.41) is 3.66. The molecule has 1 aliphatic carbocycles. The summed E-state index contributed by atoms with van der Waals surface area (Å²) < 4.78 is 19.9. The maximum atomic E-state index is 14.2. The molecule has 1 fully saturated rings. The molecule has 2 aromatic carbocycles. The van der Waals surface area contributed by atoms with Crippen LogP contribution in [0.3, 0.4) is 0 Å². The number of nitrogens with one attached hydrogen (secondary N) is 2. The molecule has 0 aliphatic heterocycles. The van der Waals surface area contributed by atoms with Crippen LogP contribution in [0.4, 0.5) is 4.39 Å². The number of halogens is 1. The minimum Gasteiger partial charge on any atom is -0.454 e. The quantitative estimate of drug-likeness (QED) is 0.621. The first-order valence-electron chi connectivity index (χ1n) is 9.61. The van der Waals surface area contributed by atoms with Crippen LogP contribution in [0.2, 0.25) is 0 Å². The maximum Gasteiger partial charge on any atom is 0.167 e. The highest BCUT2D eigenvalue weighted by atomic mass is 19.1. The van der Waals surface area contributed by atoms with Crippen LogP contribution in [0.1, 0.15) is 45.1 Å². The number of hydrogen-bond donors (Lipinski definition) is 2. The predicted octanol–water partition coefficient (Wildman–Crippen LogP) is 5.55. The summed E-state index contributed by atoms with van der Waals surface area (Å²) in [5.41, 5.74) is 3.04. The first-order chi connectivity index (χ1) is 13.0. The Morgan fingerprint density at radius 1 is 1.19 bits per heavy atom. The highest BCUT2D eigenvalue weighted by Crippen LogP contribution is 2.35. The predicted molar refractivity (Wildman–Crippen MR) is 105 cm³/mol. The number of H-pyrrole nitrogens is 1. The van der Waals surface area contributed by atoms with Crippen LogP contribution in [-0.4, -0.2) is 16.0 Å². The number of nitrogens with zero attached hydrogens (tertiary/aromatic N) is 1. The van der Waals surface area contributed by atoms with Crippen molar-refractivity contribution >= 4 is 11.0 Å². The molecule has 0 radical (unpaired) electrons. The Labute approximate surface area is 159 Å². The number of ether oxygens (including phenoxy) is 1. The number of hydrogen-bond acceptors (Lipinski definition) is 3. The molecule has 27 heavy (non-hydrogen) atoms. The number of fused-ring (bicyclic) bond motifs is 1. The van der Waals surface area contributed by atoms with Gasteiger partial charge < -0.3 is 15.0 Å². The third kappa shape index (κ3) is 4.30. The molecule has 1 heterocycles. The SMILES string of the molecule is CC1(C)CCC(NCc2ccc(Oc3cc4nc[nH]c4cc3F)cc2)CC1. The van der Waals surface area contributed by atoms with Crippen LogP contribution >= 0.6 is 0 Å². The van der Waals surface area contributed by atoms with E-state index >= 15 is 0 Å². The molecule has 0 atom stereocenters. The molecular weight excluding hydrogens is 341 g/mol. The van der Waals surface area contributed by atoms with E-state index in [0.717, 1.165) is 6.54 Å². The summed E-state index contributed by atoms with van der Waals surface area (Å²) in [6.07, 6.45) is 6.59. The van der Waals surface area contributed by atoms with Crippen LogP contribution in [0.5, 0.6) is 11.5 Å². The number of imidazole rings is 1. The van der Waals surface area contributed by atoms with Crippen molar-refractivity contribution in [2.75, 3.05) is 0 Å². The molecule has 1 aliphatic rings. The fourth-order valence-corrected chi connectivity index (χ4v) is 3.68. The van der Waals surface area contributed by atoms with E-state index in [1.165, 1.54) is 37.3 Å². The van der Waals surface area contributed by atoms with Gasteiger partial charge in [-0.15, -0.1) is 0 Å². The Balaban J connectivity index is 1.35. The van der Waals surface area contributed by atoms with E-state index in [0.29, 0.717) is 28.2 Å². The number of benzene rings is 2. The number of aromatic amines is 1. The van der Waals surface area contributed by atoms with E-state index in [1.807, 2.05) is 24.3 Å². The second-order valence-corrected chi connectivity index (χ2v) is 8.27. The van der Waals surface area contributed by atoms with Gasteiger partial charge in [0.25, 0.3) is 0 Å². The second-order valence-electron chi connectivity index (χ2n) is 8.27. The maximum absolute atomic E-state index is 14.2. The van der Waals surface area contributed by atoms with E-state index in [-0.39, 0.29) is 5.75 Å². The third-order valence-corrected chi connectivity index (χ3v) is 5.56. The molecule has 5 heteroatoms. The summed E-state index contributed by atoms with van der Waals surface area (Å²) in [4.78, 5) is 7.03. The number of aromatic nitrogens is 2. The molecule has 4 nitrogen and oxygen atoms in total. The molecule has 4 rings (SSSR count). The molecule has 142 valence electrons. The molecule has 0 amide bonds. The Kier molecular flexibility index (Phi) is 4.87. The monoisotopic (exact) mass is 367 g/mol. The zero-order valence-electron chi connectivity index (χ0n) is 15.9. The molecule has 0 bridgehead atoms. The molecular formula is C22H26FN3O. The normalized spacial score (nSPS) is 17.3. The van der Waals surface area contributed by atoms with Gasteiger partial charge in [-0.1, -0.05) is 26.0 Å². The lowest BCUT2D eigenvalue weighted by Gasteiger charge is -2.34. The van der Waals surface area contributed by atoms with Gasteiger partial charge in [-0.25, -0.2) is 9.37 Å². The standard InChI is InChI=1S/C22H26FN3O/c1-22(2)9-7-16(8-10-22)24-13-15-3-5-17(6-4-15)27-21-12-20-19(11-18(21)23)25-14-26-20/h3-6,11-12,14,16,24H,7-10,13H2,1-2H3,(H,25,26). The Morgan fingerprint density at radius 3 is 2.67 bits per heavy atom. The second kappa shape index (κ2) is 7.31. The Morgan fingerprint density at radius 2 is 1.93 bits per heavy atom. The van der Waals surface area contributed by atoms with Gasteiger partial charge in [0.05, 0.1) is 17.4 Å². The van der Waals surface area contributed by atoms with Crippen molar-refractivity contribution in [3.63, 3.8) is 0 Å². The van der Waals surface area contributed by atoms with E-state index in [2.05, 4.69) is 29.1 Å². The van der Waals surface area contributed by atoms with Gasteiger partial charge in [-0.3, -0.25) is 0 Å². The average molecular weight is 367 g/mol. The lowest BCUT2D eigenvalue weighted by molar-refractivity contribution is 0.206. The van der Waals surface area contributed by atoms with Gasteiger partial charge in [0, 0.05) is 24.7 Å². The smallest absolute Gasteiger partial charge is 0.167 e. The van der Waals surface area contributed by atoms with Crippen LogP contribution in [0.25, 0.3) is 11.0 Å². The van der Waals surface area contributed by atoms with Crippen LogP contribution < -0.4 is 10.1 Å². The molecule has 0 saturated heterocycles. The van der Waals surface area contributed by atoms with Gasteiger partial charge in [-0.05, 0) is 48.8 Å². The average Bonchev–Trinajstić information content (AvgIpc) is 3.09. The van der Waals surface area contributed by atoms with Crippen molar-refractivity contribution in [1.82, 2.24) is 15.3 Å². The summed E-state index contributed by atoms with van der Waals surface area (Å²) >= 11 is 0. The lowest BCUT2D eigenvalue weighted by Crippen LogP contribution is -2.35. The van der Waals surface area contributed by atoms with Crippen molar-refractivity contribution in [3.8, 4) is 11.5 Å². The zero-order chi connectivity index (χ0) is 18.9. The van der Waals surface area contributed by atoms with Crippen molar-refractivity contribution in [3.05, 3.63) is 54.1 Å². The molecule has 2 N–H and O–H groups in total. The summed E-state index contributed by atoms with van der Waals surface area (Å²) in [5.74, 6) is 0.398. The van der Waals surface area contributed by atoms with Crippen LogP contribution in [0.15, 0.2) is 42.7 Å².